The highest BCUT2D eigenvalue weighted by molar-refractivity contribution is 7.15. The minimum absolute atomic E-state index is 0.138. The number of carbonyl (C=O) groups is 1. The molecule has 24 heavy (non-hydrogen) atoms. The maximum Gasteiger partial charge on any atom is 0.317 e. The standard InChI is InChI=1S/C18H19N3O2S/c1-13-16(24-17(20-13)14-7-4-3-5-8-14)11-19-18(22)21(2)12-15-9-6-10-23-15/h3-10H,11-12H2,1-2H3,(H,19,22). The molecule has 0 radical (unpaired) electrons. The van der Waals surface area contributed by atoms with Gasteiger partial charge in [-0.05, 0) is 19.1 Å². The van der Waals surface area contributed by atoms with Crippen molar-refractivity contribution in [3.63, 3.8) is 0 Å². The lowest BCUT2D eigenvalue weighted by Crippen LogP contribution is -2.36. The van der Waals surface area contributed by atoms with E-state index in [4.69, 9.17) is 4.42 Å². The van der Waals surface area contributed by atoms with Gasteiger partial charge in [-0.2, -0.15) is 0 Å². The molecule has 0 bridgehead atoms. The van der Waals surface area contributed by atoms with Crippen LogP contribution in [0, 0.1) is 6.92 Å². The molecule has 3 rings (SSSR count). The zero-order valence-electron chi connectivity index (χ0n) is 13.7. The van der Waals surface area contributed by atoms with Gasteiger partial charge in [0.25, 0.3) is 0 Å². The van der Waals surface area contributed by atoms with Crippen molar-refractivity contribution in [2.75, 3.05) is 7.05 Å². The minimum Gasteiger partial charge on any atom is -0.467 e. The maximum absolute atomic E-state index is 12.2. The number of thiazole rings is 1. The van der Waals surface area contributed by atoms with E-state index in [-0.39, 0.29) is 6.03 Å². The number of carbonyl (C=O) groups excluding carboxylic acids is 1. The van der Waals surface area contributed by atoms with Crippen molar-refractivity contribution in [1.82, 2.24) is 15.2 Å². The first-order valence-corrected chi connectivity index (χ1v) is 8.48. The van der Waals surface area contributed by atoms with Crippen molar-refractivity contribution in [2.45, 2.75) is 20.0 Å². The van der Waals surface area contributed by atoms with Crippen molar-refractivity contribution in [2.24, 2.45) is 0 Å². The van der Waals surface area contributed by atoms with Crippen LogP contribution in [0.3, 0.4) is 0 Å². The molecule has 1 N–H and O–H groups in total. The highest BCUT2D eigenvalue weighted by Crippen LogP contribution is 2.27. The second-order valence-electron chi connectivity index (χ2n) is 5.49. The number of hydrogen-bond donors (Lipinski definition) is 1. The molecule has 0 aliphatic heterocycles. The van der Waals surface area contributed by atoms with Gasteiger partial charge in [0.15, 0.2) is 0 Å². The molecule has 0 spiro atoms. The van der Waals surface area contributed by atoms with Crippen molar-refractivity contribution < 1.29 is 9.21 Å². The van der Waals surface area contributed by atoms with Gasteiger partial charge in [0.1, 0.15) is 10.8 Å². The van der Waals surface area contributed by atoms with Gasteiger partial charge in [-0.1, -0.05) is 30.3 Å². The van der Waals surface area contributed by atoms with Gasteiger partial charge in [-0.25, -0.2) is 9.78 Å². The predicted octanol–water partition coefficient (Wildman–Crippen LogP) is 4.05. The van der Waals surface area contributed by atoms with Gasteiger partial charge in [-0.15, -0.1) is 11.3 Å². The van der Waals surface area contributed by atoms with Gasteiger partial charge in [-0.3, -0.25) is 0 Å². The van der Waals surface area contributed by atoms with Crippen LogP contribution in [0.25, 0.3) is 10.6 Å². The number of nitrogens with zero attached hydrogens (tertiary/aromatic N) is 2. The quantitative estimate of drug-likeness (QED) is 0.761. The Bertz CT molecular complexity index is 797. The Morgan fingerprint density at radius 2 is 2.04 bits per heavy atom. The largest absolute Gasteiger partial charge is 0.467 e. The molecule has 5 nitrogen and oxygen atoms in total. The van der Waals surface area contributed by atoms with Gasteiger partial charge in [0, 0.05) is 17.5 Å². The number of urea groups is 1. The molecule has 124 valence electrons. The Balaban J connectivity index is 1.60. The van der Waals surface area contributed by atoms with E-state index >= 15 is 0 Å². The van der Waals surface area contributed by atoms with Crippen LogP contribution in [0.4, 0.5) is 4.79 Å². The molecule has 2 heterocycles. The predicted molar refractivity (Wildman–Crippen MR) is 94.7 cm³/mol. The number of aryl methyl sites for hydroxylation is 1. The number of furan rings is 1. The fourth-order valence-electron chi connectivity index (χ4n) is 2.30. The van der Waals surface area contributed by atoms with Crippen molar-refractivity contribution >= 4 is 17.4 Å². The number of rotatable bonds is 5. The summed E-state index contributed by atoms with van der Waals surface area (Å²) in [6.07, 6.45) is 1.60. The van der Waals surface area contributed by atoms with E-state index in [9.17, 15) is 4.79 Å². The topological polar surface area (TPSA) is 58.4 Å². The van der Waals surface area contributed by atoms with E-state index in [1.54, 1.807) is 29.5 Å². The SMILES string of the molecule is Cc1nc(-c2ccccc2)sc1CNC(=O)N(C)Cc1ccco1. The second kappa shape index (κ2) is 7.31. The maximum atomic E-state index is 12.2. The van der Waals surface area contributed by atoms with Crippen molar-refractivity contribution in [3.05, 3.63) is 65.1 Å². The van der Waals surface area contributed by atoms with E-state index in [0.717, 1.165) is 26.9 Å². The molecule has 2 amide bonds. The Labute approximate surface area is 144 Å². The fraction of sp³-hybridized carbons (Fsp3) is 0.222. The average molecular weight is 341 g/mol. The van der Waals surface area contributed by atoms with Crippen LogP contribution >= 0.6 is 11.3 Å². The molecule has 3 aromatic rings. The lowest BCUT2D eigenvalue weighted by atomic mass is 10.2. The third kappa shape index (κ3) is 3.83. The summed E-state index contributed by atoms with van der Waals surface area (Å²) in [5, 5.41) is 3.91. The van der Waals surface area contributed by atoms with Gasteiger partial charge >= 0.3 is 6.03 Å². The summed E-state index contributed by atoms with van der Waals surface area (Å²) in [5.41, 5.74) is 2.05. The fourth-order valence-corrected chi connectivity index (χ4v) is 3.30. The normalized spacial score (nSPS) is 10.6. The molecule has 0 aliphatic carbocycles. The third-order valence-electron chi connectivity index (χ3n) is 3.63. The Morgan fingerprint density at radius 3 is 2.75 bits per heavy atom. The average Bonchev–Trinajstić information content (AvgIpc) is 3.23. The van der Waals surface area contributed by atoms with Crippen LogP contribution in [0.2, 0.25) is 0 Å². The molecule has 0 fully saturated rings. The summed E-state index contributed by atoms with van der Waals surface area (Å²) in [6, 6.07) is 13.6. The lowest BCUT2D eigenvalue weighted by molar-refractivity contribution is 0.202. The molecule has 0 unspecified atom stereocenters. The van der Waals surface area contributed by atoms with E-state index in [1.807, 2.05) is 49.4 Å². The first kappa shape index (κ1) is 16.3. The highest BCUT2D eigenvalue weighted by atomic mass is 32.1. The molecule has 0 saturated carbocycles. The molecule has 6 heteroatoms. The van der Waals surface area contributed by atoms with Crippen molar-refractivity contribution in [3.8, 4) is 10.6 Å². The minimum atomic E-state index is -0.138. The highest BCUT2D eigenvalue weighted by Gasteiger charge is 2.13. The first-order valence-electron chi connectivity index (χ1n) is 7.66. The van der Waals surface area contributed by atoms with Crippen LogP contribution in [0.15, 0.2) is 53.1 Å². The van der Waals surface area contributed by atoms with Crippen LogP contribution in [0.5, 0.6) is 0 Å². The van der Waals surface area contributed by atoms with Gasteiger partial charge in [0.05, 0.1) is 25.0 Å². The first-order chi connectivity index (χ1) is 11.6. The second-order valence-corrected chi connectivity index (χ2v) is 6.57. The van der Waals surface area contributed by atoms with Crippen LogP contribution < -0.4 is 5.32 Å². The van der Waals surface area contributed by atoms with E-state index in [1.165, 1.54) is 0 Å². The smallest absolute Gasteiger partial charge is 0.317 e. The van der Waals surface area contributed by atoms with E-state index in [0.29, 0.717) is 13.1 Å². The van der Waals surface area contributed by atoms with Crippen LogP contribution in [-0.2, 0) is 13.1 Å². The monoisotopic (exact) mass is 341 g/mol. The summed E-state index contributed by atoms with van der Waals surface area (Å²) >= 11 is 1.61. The molecular weight excluding hydrogens is 322 g/mol. The summed E-state index contributed by atoms with van der Waals surface area (Å²) in [7, 11) is 1.74. The zero-order chi connectivity index (χ0) is 16.9. The zero-order valence-corrected chi connectivity index (χ0v) is 14.5. The van der Waals surface area contributed by atoms with E-state index < -0.39 is 0 Å². The third-order valence-corrected chi connectivity index (χ3v) is 4.84. The van der Waals surface area contributed by atoms with E-state index in [2.05, 4.69) is 10.3 Å². The summed E-state index contributed by atoms with van der Waals surface area (Å²) in [5.74, 6) is 0.757. The molecule has 1 aromatic carbocycles. The molecule has 0 atom stereocenters. The summed E-state index contributed by atoms with van der Waals surface area (Å²) in [6.45, 7) is 2.88. The number of hydrogen-bond acceptors (Lipinski definition) is 4. The Hall–Kier alpha value is -2.60. The van der Waals surface area contributed by atoms with Gasteiger partial charge < -0.3 is 14.6 Å². The van der Waals surface area contributed by atoms with Crippen LogP contribution in [-0.4, -0.2) is 23.0 Å². The number of amides is 2. The number of nitrogens with one attached hydrogen (secondary N) is 1. The molecular formula is C18H19N3O2S. The molecule has 2 aromatic heterocycles. The number of aromatic nitrogens is 1. The number of benzene rings is 1. The summed E-state index contributed by atoms with van der Waals surface area (Å²) in [4.78, 5) is 19.4. The Kier molecular flexibility index (Phi) is 4.96. The van der Waals surface area contributed by atoms with Gasteiger partial charge in [0.2, 0.25) is 0 Å². The lowest BCUT2D eigenvalue weighted by Gasteiger charge is -2.16. The van der Waals surface area contributed by atoms with Crippen molar-refractivity contribution in [1.29, 1.82) is 0 Å². The summed E-state index contributed by atoms with van der Waals surface area (Å²) < 4.78 is 5.26. The van der Waals surface area contributed by atoms with Crippen LogP contribution in [0.1, 0.15) is 16.3 Å². The molecule has 0 saturated heterocycles. The molecule has 0 aliphatic rings. The Morgan fingerprint density at radius 1 is 1.25 bits per heavy atom.